The lowest BCUT2D eigenvalue weighted by atomic mass is 10.2. The van der Waals surface area contributed by atoms with Crippen LogP contribution in [0.2, 0.25) is 0 Å². The van der Waals surface area contributed by atoms with Gasteiger partial charge in [-0.2, -0.15) is 0 Å². The maximum absolute atomic E-state index is 6.00. The third kappa shape index (κ3) is 4.58. The first-order valence-electron chi connectivity index (χ1n) is 7.88. The highest BCUT2D eigenvalue weighted by molar-refractivity contribution is 9.10. The van der Waals surface area contributed by atoms with Crippen molar-refractivity contribution in [3.63, 3.8) is 0 Å². The lowest BCUT2D eigenvalue weighted by Crippen LogP contribution is -1.84. The number of nitrogen functional groups attached to an aromatic ring is 2. The minimum atomic E-state index is 0.550. The molecule has 4 nitrogen and oxygen atoms in total. The van der Waals surface area contributed by atoms with Crippen LogP contribution in [-0.2, 0) is 0 Å². The van der Waals surface area contributed by atoms with Crippen LogP contribution < -0.4 is 11.5 Å². The summed E-state index contributed by atoms with van der Waals surface area (Å²) in [6.07, 6.45) is 0. The van der Waals surface area contributed by atoms with Gasteiger partial charge in [0.1, 0.15) is 8.42 Å². The Balaban J connectivity index is 1.63. The van der Waals surface area contributed by atoms with Crippen molar-refractivity contribution in [1.82, 2.24) is 9.97 Å². The summed E-state index contributed by atoms with van der Waals surface area (Å²) < 4.78 is 4.11. The van der Waals surface area contributed by atoms with E-state index in [-0.39, 0.29) is 0 Å². The highest BCUT2D eigenvalue weighted by Gasteiger charge is 2.17. The van der Waals surface area contributed by atoms with Crippen LogP contribution in [0, 0.1) is 0 Å². The first kappa shape index (κ1) is 20.2. The smallest absolute Gasteiger partial charge is 0.181 e. The number of thiazole rings is 2. The van der Waals surface area contributed by atoms with Crippen molar-refractivity contribution in [2.24, 2.45) is 0 Å². The van der Waals surface area contributed by atoms with E-state index >= 15 is 0 Å². The molecule has 0 amide bonds. The monoisotopic (exact) mass is 570 g/mol. The van der Waals surface area contributed by atoms with E-state index in [0.29, 0.717) is 10.3 Å². The number of halogens is 2. The zero-order valence-corrected chi connectivity index (χ0v) is 20.5. The van der Waals surface area contributed by atoms with E-state index in [0.717, 1.165) is 39.9 Å². The average molecular weight is 572 g/mol. The van der Waals surface area contributed by atoms with Crippen molar-refractivity contribution in [3.05, 3.63) is 57.5 Å². The van der Waals surface area contributed by atoms with Crippen molar-refractivity contribution in [2.75, 3.05) is 11.5 Å². The summed E-state index contributed by atoms with van der Waals surface area (Å²) in [7, 11) is 3.26. The van der Waals surface area contributed by atoms with Crippen LogP contribution in [0.15, 0.2) is 65.9 Å². The fourth-order valence-corrected chi connectivity index (χ4v) is 8.01. The summed E-state index contributed by atoms with van der Waals surface area (Å²) in [5, 5.41) is 1.10. The summed E-state index contributed by atoms with van der Waals surface area (Å²) in [6.45, 7) is 0. The molecule has 0 spiro atoms. The van der Waals surface area contributed by atoms with Crippen molar-refractivity contribution in [2.45, 2.75) is 8.42 Å². The molecule has 10 heteroatoms. The average Bonchev–Trinajstić information content (AvgIpc) is 3.22. The van der Waals surface area contributed by atoms with Gasteiger partial charge in [-0.05, 0) is 45.9 Å². The molecule has 0 aliphatic heterocycles. The maximum atomic E-state index is 6.00. The SMILES string of the molecule is Nc1nc(-c2cccc(Br)c2)c(SSc2sc(N)nc2-c2cccc(Br)c2)s1. The van der Waals surface area contributed by atoms with Crippen molar-refractivity contribution >= 4 is 86.4 Å². The summed E-state index contributed by atoms with van der Waals surface area (Å²) in [5.74, 6) is 0. The van der Waals surface area contributed by atoms with Crippen LogP contribution in [0.5, 0.6) is 0 Å². The third-order valence-electron chi connectivity index (χ3n) is 3.61. The molecule has 0 aliphatic carbocycles. The predicted octanol–water partition coefficient (Wildman–Crippen LogP) is 7.42. The fourth-order valence-electron chi connectivity index (χ4n) is 2.47. The first-order chi connectivity index (χ1) is 13.5. The fraction of sp³-hybridized carbons (Fsp3) is 0. The Morgan fingerprint density at radius 2 is 1.14 bits per heavy atom. The van der Waals surface area contributed by atoms with Gasteiger partial charge in [0.25, 0.3) is 0 Å². The van der Waals surface area contributed by atoms with Crippen LogP contribution in [0.25, 0.3) is 22.5 Å². The molecule has 0 aliphatic rings. The van der Waals surface area contributed by atoms with Crippen LogP contribution in [-0.4, -0.2) is 9.97 Å². The normalized spacial score (nSPS) is 11.1. The van der Waals surface area contributed by atoms with E-state index in [4.69, 9.17) is 11.5 Å². The molecular formula is C18H12Br2N4S4. The number of rotatable bonds is 5. The van der Waals surface area contributed by atoms with E-state index in [2.05, 4.69) is 41.8 Å². The van der Waals surface area contributed by atoms with Crippen LogP contribution >= 0.6 is 76.1 Å². The van der Waals surface area contributed by atoms with E-state index in [9.17, 15) is 0 Å². The molecule has 2 heterocycles. The number of hydrogen-bond acceptors (Lipinski definition) is 8. The Hall–Kier alpha value is -1.04. The van der Waals surface area contributed by atoms with Gasteiger partial charge in [0.05, 0.1) is 11.4 Å². The Labute approximate surface area is 194 Å². The molecule has 0 fully saturated rings. The number of anilines is 2. The van der Waals surface area contributed by atoms with Gasteiger partial charge >= 0.3 is 0 Å². The molecule has 0 saturated carbocycles. The molecule has 0 unspecified atom stereocenters. The Kier molecular flexibility index (Phi) is 6.34. The Morgan fingerprint density at radius 3 is 1.54 bits per heavy atom. The van der Waals surface area contributed by atoms with Crippen LogP contribution in [0.1, 0.15) is 0 Å². The minimum absolute atomic E-state index is 0.550. The molecule has 0 bridgehead atoms. The highest BCUT2D eigenvalue weighted by atomic mass is 79.9. The molecule has 2 aromatic heterocycles. The van der Waals surface area contributed by atoms with Gasteiger partial charge in [-0.15, -0.1) is 0 Å². The number of hydrogen-bond donors (Lipinski definition) is 2. The van der Waals surface area contributed by atoms with Crippen molar-refractivity contribution < 1.29 is 0 Å². The maximum Gasteiger partial charge on any atom is 0.181 e. The second-order valence-corrected chi connectivity index (χ2v) is 12.1. The first-order valence-corrected chi connectivity index (χ1v) is 13.3. The highest BCUT2D eigenvalue weighted by Crippen LogP contribution is 2.50. The molecule has 2 aromatic carbocycles. The van der Waals surface area contributed by atoms with E-state index in [1.807, 2.05) is 48.5 Å². The third-order valence-corrected chi connectivity index (χ3v) is 9.61. The second kappa shape index (κ2) is 8.76. The summed E-state index contributed by atoms with van der Waals surface area (Å²) in [5.41, 5.74) is 15.8. The van der Waals surface area contributed by atoms with Gasteiger partial charge in [-0.1, -0.05) is 78.8 Å². The van der Waals surface area contributed by atoms with Crippen molar-refractivity contribution in [1.29, 1.82) is 0 Å². The zero-order valence-electron chi connectivity index (χ0n) is 14.1. The molecule has 4 aromatic rings. The zero-order chi connectivity index (χ0) is 19.7. The number of benzene rings is 2. The van der Waals surface area contributed by atoms with Gasteiger partial charge in [-0.3, -0.25) is 0 Å². The molecule has 28 heavy (non-hydrogen) atoms. The quantitative estimate of drug-likeness (QED) is 0.243. The van der Waals surface area contributed by atoms with E-state index < -0.39 is 0 Å². The Bertz CT molecular complexity index is 1050. The molecule has 4 N–H and O–H groups in total. The minimum Gasteiger partial charge on any atom is -0.375 e. The summed E-state index contributed by atoms with van der Waals surface area (Å²) in [4.78, 5) is 9.06. The molecule has 0 atom stereocenters. The van der Waals surface area contributed by atoms with Gasteiger partial charge in [0.15, 0.2) is 10.3 Å². The topological polar surface area (TPSA) is 77.8 Å². The molecule has 142 valence electrons. The molecule has 0 saturated heterocycles. The van der Waals surface area contributed by atoms with Gasteiger partial charge in [0.2, 0.25) is 0 Å². The predicted molar refractivity (Wildman–Crippen MR) is 131 cm³/mol. The largest absolute Gasteiger partial charge is 0.375 e. The van der Waals surface area contributed by atoms with Gasteiger partial charge in [-0.25, -0.2) is 9.97 Å². The van der Waals surface area contributed by atoms with Crippen molar-refractivity contribution in [3.8, 4) is 22.5 Å². The van der Waals surface area contributed by atoms with Gasteiger partial charge < -0.3 is 11.5 Å². The van der Waals surface area contributed by atoms with Crippen LogP contribution in [0.3, 0.4) is 0 Å². The molecule has 4 rings (SSSR count). The molecular weight excluding hydrogens is 560 g/mol. The number of aromatic nitrogens is 2. The Morgan fingerprint density at radius 1 is 0.714 bits per heavy atom. The van der Waals surface area contributed by atoms with Crippen LogP contribution in [0.4, 0.5) is 10.3 Å². The lowest BCUT2D eigenvalue weighted by Gasteiger charge is -2.04. The van der Waals surface area contributed by atoms with Gasteiger partial charge in [0, 0.05) is 20.1 Å². The summed E-state index contributed by atoms with van der Waals surface area (Å²) in [6, 6.07) is 16.1. The summed E-state index contributed by atoms with van der Waals surface area (Å²) >= 11 is 10.0. The van der Waals surface area contributed by atoms with E-state index in [1.54, 1.807) is 21.6 Å². The number of nitrogens with zero attached hydrogens (tertiary/aromatic N) is 2. The second-order valence-electron chi connectivity index (χ2n) is 5.56. The van der Waals surface area contributed by atoms with E-state index in [1.165, 1.54) is 22.7 Å². The lowest BCUT2D eigenvalue weighted by molar-refractivity contribution is 1.37. The number of nitrogens with two attached hydrogens (primary N) is 2. The standard InChI is InChI=1S/C18H12Br2N4S4/c19-11-5-1-3-9(7-11)13-15(25-17(21)23-13)27-28-16-14(24-18(22)26-16)10-4-2-6-12(20)8-10/h1-8H,(H2,21,23)(H2,22,24). The molecule has 0 radical (unpaired) electrons.